The highest BCUT2D eigenvalue weighted by Crippen LogP contribution is 2.30. The number of benzene rings is 1. The summed E-state index contributed by atoms with van der Waals surface area (Å²) in [6.07, 6.45) is -3.65. The highest BCUT2D eigenvalue weighted by molar-refractivity contribution is 14.1. The van der Waals surface area contributed by atoms with Crippen molar-refractivity contribution in [2.24, 2.45) is 0 Å². The Morgan fingerprint density at radius 1 is 1.33 bits per heavy atom. The predicted molar refractivity (Wildman–Crippen MR) is 93.7 cm³/mol. The van der Waals surface area contributed by atoms with Gasteiger partial charge in [0.2, 0.25) is 5.91 Å². The fourth-order valence-electron chi connectivity index (χ4n) is 2.28. The minimum absolute atomic E-state index is 0.149. The quantitative estimate of drug-likeness (QED) is 0.679. The molecule has 0 saturated carbocycles. The number of halogens is 4. The number of hydrogen-bond acceptors (Lipinski definition) is 2. The van der Waals surface area contributed by atoms with E-state index < -0.39 is 11.7 Å². The summed E-state index contributed by atoms with van der Waals surface area (Å²) in [7, 11) is 0. The van der Waals surface area contributed by atoms with Crippen LogP contribution in [0.2, 0.25) is 0 Å². The number of aromatic nitrogens is 2. The number of nitrogens with one attached hydrogen (secondary N) is 1. The molecule has 0 aliphatic rings. The third-order valence-corrected chi connectivity index (χ3v) is 5.10. The third-order valence-electron chi connectivity index (χ3n) is 3.54. The summed E-state index contributed by atoms with van der Waals surface area (Å²) in [5, 5.41) is 6.88. The van der Waals surface area contributed by atoms with Crippen LogP contribution in [0.4, 0.5) is 18.9 Å². The maximum atomic E-state index is 12.6. The Hall–Kier alpha value is -1.58. The van der Waals surface area contributed by atoms with Crippen LogP contribution in [-0.4, -0.2) is 15.7 Å². The topological polar surface area (TPSA) is 46.9 Å². The average Bonchev–Trinajstić information content (AvgIpc) is 2.74. The van der Waals surface area contributed by atoms with E-state index in [1.807, 2.05) is 18.5 Å². The SMILES string of the molecule is Cc1nn(CCCC(=O)Nc2cccc(C(F)(F)F)c2)c(C)c1I. The van der Waals surface area contributed by atoms with Crippen LogP contribution >= 0.6 is 22.6 Å². The summed E-state index contributed by atoms with van der Waals surface area (Å²) in [5.41, 5.74) is 1.36. The van der Waals surface area contributed by atoms with Gasteiger partial charge < -0.3 is 5.32 Å². The molecule has 4 nitrogen and oxygen atoms in total. The lowest BCUT2D eigenvalue weighted by atomic mass is 10.2. The maximum absolute atomic E-state index is 12.6. The van der Waals surface area contributed by atoms with Gasteiger partial charge in [0, 0.05) is 24.3 Å². The molecule has 1 aromatic carbocycles. The first-order chi connectivity index (χ1) is 11.2. The van der Waals surface area contributed by atoms with Crippen LogP contribution in [-0.2, 0) is 17.5 Å². The van der Waals surface area contributed by atoms with Crippen LogP contribution in [0.3, 0.4) is 0 Å². The van der Waals surface area contributed by atoms with Crippen molar-refractivity contribution in [3.05, 3.63) is 44.8 Å². The van der Waals surface area contributed by atoms with Gasteiger partial charge in [0.15, 0.2) is 0 Å². The number of aryl methyl sites for hydroxylation is 2. The van der Waals surface area contributed by atoms with Crippen LogP contribution in [0.25, 0.3) is 0 Å². The molecule has 2 rings (SSSR count). The number of hydrogen-bond donors (Lipinski definition) is 1. The van der Waals surface area contributed by atoms with E-state index in [0.29, 0.717) is 13.0 Å². The van der Waals surface area contributed by atoms with E-state index in [4.69, 9.17) is 0 Å². The fraction of sp³-hybridized carbons (Fsp3) is 0.375. The first kappa shape index (κ1) is 18.8. The van der Waals surface area contributed by atoms with Crippen LogP contribution in [0, 0.1) is 17.4 Å². The van der Waals surface area contributed by atoms with Crippen molar-refractivity contribution in [2.75, 3.05) is 5.32 Å². The van der Waals surface area contributed by atoms with Crippen molar-refractivity contribution in [3.8, 4) is 0 Å². The van der Waals surface area contributed by atoms with Gasteiger partial charge in [0.25, 0.3) is 0 Å². The second-order valence-corrected chi connectivity index (χ2v) is 6.52. The van der Waals surface area contributed by atoms with E-state index in [-0.39, 0.29) is 18.0 Å². The summed E-state index contributed by atoms with van der Waals surface area (Å²) in [6, 6.07) is 4.62. The van der Waals surface area contributed by atoms with Gasteiger partial charge in [-0.05, 0) is 61.1 Å². The number of carbonyl (C=O) groups excluding carboxylic acids is 1. The highest BCUT2D eigenvalue weighted by atomic mass is 127. The molecule has 0 aliphatic heterocycles. The summed E-state index contributed by atoms with van der Waals surface area (Å²) in [6.45, 7) is 4.47. The molecule has 1 N–H and O–H groups in total. The van der Waals surface area contributed by atoms with Gasteiger partial charge in [-0.3, -0.25) is 9.48 Å². The Bertz CT molecular complexity index is 741. The lowest BCUT2D eigenvalue weighted by Gasteiger charge is -2.10. The lowest BCUT2D eigenvalue weighted by molar-refractivity contribution is -0.137. The summed E-state index contributed by atoms with van der Waals surface area (Å²) in [5.74, 6) is -0.314. The van der Waals surface area contributed by atoms with Crippen LogP contribution in [0.1, 0.15) is 29.8 Å². The molecule has 2 aromatic rings. The molecular weight excluding hydrogens is 434 g/mol. The van der Waals surface area contributed by atoms with Gasteiger partial charge in [-0.15, -0.1) is 0 Å². The third kappa shape index (κ3) is 4.71. The van der Waals surface area contributed by atoms with Crippen LogP contribution < -0.4 is 5.32 Å². The van der Waals surface area contributed by atoms with Crippen LogP contribution in [0.5, 0.6) is 0 Å². The van der Waals surface area contributed by atoms with E-state index in [1.165, 1.54) is 12.1 Å². The number of alkyl halides is 3. The molecule has 0 aliphatic carbocycles. The van der Waals surface area contributed by atoms with Gasteiger partial charge >= 0.3 is 6.18 Å². The maximum Gasteiger partial charge on any atom is 0.416 e. The molecule has 0 bridgehead atoms. The van der Waals surface area contributed by atoms with Crippen molar-refractivity contribution in [3.63, 3.8) is 0 Å². The molecule has 24 heavy (non-hydrogen) atoms. The Morgan fingerprint density at radius 3 is 2.62 bits per heavy atom. The zero-order valence-electron chi connectivity index (χ0n) is 13.2. The molecule has 1 aromatic heterocycles. The number of amides is 1. The highest BCUT2D eigenvalue weighted by Gasteiger charge is 2.30. The molecule has 0 unspecified atom stereocenters. The van der Waals surface area contributed by atoms with Crippen molar-refractivity contribution in [1.29, 1.82) is 0 Å². The molecule has 0 saturated heterocycles. The molecule has 1 heterocycles. The molecule has 0 fully saturated rings. The first-order valence-corrected chi connectivity index (χ1v) is 8.43. The van der Waals surface area contributed by atoms with Gasteiger partial charge in [-0.25, -0.2) is 0 Å². The monoisotopic (exact) mass is 451 g/mol. The van der Waals surface area contributed by atoms with Crippen molar-refractivity contribution in [2.45, 2.75) is 39.4 Å². The van der Waals surface area contributed by atoms with E-state index >= 15 is 0 Å². The second kappa shape index (κ2) is 7.54. The van der Waals surface area contributed by atoms with Gasteiger partial charge in [-0.1, -0.05) is 6.07 Å². The molecule has 0 radical (unpaired) electrons. The van der Waals surface area contributed by atoms with Gasteiger partial charge in [0.1, 0.15) is 0 Å². The van der Waals surface area contributed by atoms with Crippen molar-refractivity contribution in [1.82, 2.24) is 9.78 Å². The largest absolute Gasteiger partial charge is 0.416 e. The van der Waals surface area contributed by atoms with Crippen molar-refractivity contribution >= 4 is 34.2 Å². The number of nitrogens with zero attached hydrogens (tertiary/aromatic N) is 2. The number of anilines is 1. The van der Waals surface area contributed by atoms with E-state index in [9.17, 15) is 18.0 Å². The van der Waals surface area contributed by atoms with E-state index in [2.05, 4.69) is 33.0 Å². The minimum atomic E-state index is -4.42. The number of rotatable bonds is 5. The Kier molecular flexibility index (Phi) is 5.89. The Balaban J connectivity index is 1.89. The van der Waals surface area contributed by atoms with Gasteiger partial charge in [0.05, 0.1) is 14.8 Å². The zero-order valence-corrected chi connectivity index (χ0v) is 15.4. The van der Waals surface area contributed by atoms with Crippen LogP contribution in [0.15, 0.2) is 24.3 Å². The zero-order chi connectivity index (χ0) is 17.9. The second-order valence-electron chi connectivity index (χ2n) is 5.44. The fourth-order valence-corrected chi connectivity index (χ4v) is 2.67. The molecule has 130 valence electrons. The standard InChI is InChI=1S/C16H17F3IN3O/c1-10-15(20)11(2)23(22-10)8-4-7-14(24)21-13-6-3-5-12(9-13)16(17,18)19/h3,5-6,9H,4,7-8H2,1-2H3,(H,21,24). The average molecular weight is 451 g/mol. The summed E-state index contributed by atoms with van der Waals surface area (Å²) < 4.78 is 40.9. The Labute approximate surface area is 151 Å². The van der Waals surface area contributed by atoms with Gasteiger partial charge in [-0.2, -0.15) is 18.3 Å². The minimum Gasteiger partial charge on any atom is -0.326 e. The first-order valence-electron chi connectivity index (χ1n) is 7.35. The normalized spacial score (nSPS) is 11.6. The number of carbonyl (C=O) groups is 1. The molecule has 0 spiro atoms. The molecule has 8 heteroatoms. The predicted octanol–water partition coefficient (Wildman–Crippen LogP) is 4.54. The Morgan fingerprint density at radius 2 is 2.04 bits per heavy atom. The summed E-state index contributed by atoms with van der Waals surface area (Å²) >= 11 is 2.22. The lowest BCUT2D eigenvalue weighted by Crippen LogP contribution is -2.14. The van der Waals surface area contributed by atoms with E-state index in [0.717, 1.165) is 27.1 Å². The molecule has 1 amide bonds. The molecule has 0 atom stereocenters. The molecular formula is C16H17F3IN3O. The van der Waals surface area contributed by atoms with E-state index in [1.54, 1.807) is 0 Å². The summed E-state index contributed by atoms with van der Waals surface area (Å²) in [4.78, 5) is 11.9. The smallest absolute Gasteiger partial charge is 0.326 e. The van der Waals surface area contributed by atoms with Crippen molar-refractivity contribution < 1.29 is 18.0 Å².